The summed E-state index contributed by atoms with van der Waals surface area (Å²) < 4.78 is 5.41. The minimum absolute atomic E-state index is 0.210. The minimum Gasteiger partial charge on any atom is -0.411 e. The van der Waals surface area contributed by atoms with E-state index < -0.39 is 0 Å². The molecule has 3 nitrogen and oxygen atoms in total. The van der Waals surface area contributed by atoms with Crippen molar-refractivity contribution in [2.24, 2.45) is 0 Å². The molecule has 1 N–H and O–H groups in total. The van der Waals surface area contributed by atoms with Gasteiger partial charge < -0.3 is 9.73 Å². The highest BCUT2D eigenvalue weighted by molar-refractivity contribution is 6.32. The summed E-state index contributed by atoms with van der Waals surface area (Å²) in [6, 6.07) is 14.7. The van der Waals surface area contributed by atoms with Crippen LogP contribution in [0.25, 0.3) is 11.3 Å². The standard InChI is InChI=1S/C15H9Cl3N2O/c16-10-6-4-9(5-7-10)13-14(18)21-15(20-13)19-12-3-1-2-11(17)8-12/h1-8H,(H,19,20). The van der Waals surface area contributed by atoms with Gasteiger partial charge in [0, 0.05) is 21.3 Å². The van der Waals surface area contributed by atoms with Gasteiger partial charge in [-0.15, -0.1) is 0 Å². The number of hydrogen-bond donors (Lipinski definition) is 1. The van der Waals surface area contributed by atoms with Crippen LogP contribution in [0.3, 0.4) is 0 Å². The summed E-state index contributed by atoms with van der Waals surface area (Å²) in [6.45, 7) is 0. The summed E-state index contributed by atoms with van der Waals surface area (Å²) in [7, 11) is 0. The maximum Gasteiger partial charge on any atom is 0.301 e. The second-order valence-electron chi connectivity index (χ2n) is 4.28. The molecule has 3 aromatic rings. The Morgan fingerprint density at radius 2 is 1.67 bits per heavy atom. The van der Waals surface area contributed by atoms with Crippen LogP contribution in [0.4, 0.5) is 11.7 Å². The molecule has 106 valence electrons. The maximum absolute atomic E-state index is 6.09. The molecule has 0 unspecified atom stereocenters. The molecule has 6 heteroatoms. The van der Waals surface area contributed by atoms with Crippen molar-refractivity contribution in [1.82, 2.24) is 4.98 Å². The predicted octanol–water partition coefficient (Wildman–Crippen LogP) is 6.05. The third kappa shape index (κ3) is 3.32. The molecular weight excluding hydrogens is 331 g/mol. The molecule has 0 saturated heterocycles. The van der Waals surface area contributed by atoms with E-state index in [1.807, 2.05) is 24.3 Å². The van der Waals surface area contributed by atoms with E-state index in [2.05, 4.69) is 10.3 Å². The van der Waals surface area contributed by atoms with Gasteiger partial charge >= 0.3 is 6.01 Å². The van der Waals surface area contributed by atoms with E-state index in [4.69, 9.17) is 39.2 Å². The number of hydrogen-bond acceptors (Lipinski definition) is 3. The van der Waals surface area contributed by atoms with E-state index in [1.165, 1.54) is 0 Å². The van der Waals surface area contributed by atoms with E-state index in [-0.39, 0.29) is 5.22 Å². The van der Waals surface area contributed by atoms with Crippen molar-refractivity contribution in [3.05, 3.63) is 63.8 Å². The Morgan fingerprint density at radius 1 is 0.905 bits per heavy atom. The molecule has 2 aromatic carbocycles. The minimum atomic E-state index is 0.210. The molecule has 0 atom stereocenters. The summed E-state index contributed by atoms with van der Waals surface area (Å²) in [6.07, 6.45) is 0. The Kier molecular flexibility index (Phi) is 4.06. The molecule has 0 aliphatic heterocycles. The van der Waals surface area contributed by atoms with E-state index in [0.29, 0.717) is 21.8 Å². The summed E-state index contributed by atoms with van der Waals surface area (Å²) in [5.74, 6) is 0. The second-order valence-corrected chi connectivity index (χ2v) is 5.50. The van der Waals surface area contributed by atoms with Crippen molar-refractivity contribution < 1.29 is 4.42 Å². The van der Waals surface area contributed by atoms with E-state index in [9.17, 15) is 0 Å². The van der Waals surface area contributed by atoms with Crippen LogP contribution in [0.15, 0.2) is 52.9 Å². The van der Waals surface area contributed by atoms with Gasteiger partial charge in [0.2, 0.25) is 5.22 Å². The highest BCUT2D eigenvalue weighted by atomic mass is 35.5. The number of rotatable bonds is 3. The van der Waals surface area contributed by atoms with E-state index in [1.54, 1.807) is 24.3 Å². The SMILES string of the molecule is Clc1ccc(-c2nc(Nc3cccc(Cl)c3)oc2Cl)cc1. The van der Waals surface area contributed by atoms with Gasteiger partial charge in [-0.1, -0.05) is 41.4 Å². The highest BCUT2D eigenvalue weighted by Gasteiger charge is 2.13. The Bertz CT molecular complexity index is 769. The van der Waals surface area contributed by atoms with Crippen LogP contribution in [0.1, 0.15) is 0 Å². The largest absolute Gasteiger partial charge is 0.411 e. The van der Waals surface area contributed by atoms with Gasteiger partial charge in [0.15, 0.2) is 0 Å². The van der Waals surface area contributed by atoms with E-state index in [0.717, 1.165) is 11.3 Å². The average Bonchev–Trinajstić information content (AvgIpc) is 2.80. The summed E-state index contributed by atoms with van der Waals surface area (Å²) in [4.78, 5) is 4.34. The molecule has 1 aromatic heterocycles. The normalized spacial score (nSPS) is 10.6. The number of nitrogens with one attached hydrogen (secondary N) is 1. The maximum atomic E-state index is 6.09. The zero-order valence-corrected chi connectivity index (χ0v) is 12.9. The zero-order chi connectivity index (χ0) is 14.8. The van der Waals surface area contributed by atoms with Gasteiger partial charge in [-0.2, -0.15) is 4.98 Å². The summed E-state index contributed by atoms with van der Waals surface area (Å²) in [5, 5.41) is 4.49. The van der Waals surface area contributed by atoms with Gasteiger partial charge in [0.1, 0.15) is 5.69 Å². The van der Waals surface area contributed by atoms with Gasteiger partial charge in [0.05, 0.1) is 0 Å². The molecule has 21 heavy (non-hydrogen) atoms. The fourth-order valence-corrected chi connectivity index (χ4v) is 2.37. The second kappa shape index (κ2) is 5.98. The Morgan fingerprint density at radius 3 is 2.38 bits per heavy atom. The van der Waals surface area contributed by atoms with E-state index >= 15 is 0 Å². The van der Waals surface area contributed by atoms with Crippen molar-refractivity contribution in [3.63, 3.8) is 0 Å². The smallest absolute Gasteiger partial charge is 0.301 e. The first-order chi connectivity index (χ1) is 10.1. The molecule has 0 fully saturated rings. The fourth-order valence-electron chi connectivity index (χ4n) is 1.83. The van der Waals surface area contributed by atoms with Gasteiger partial charge in [-0.25, -0.2) is 0 Å². The monoisotopic (exact) mass is 338 g/mol. The van der Waals surface area contributed by atoms with Crippen molar-refractivity contribution in [2.75, 3.05) is 5.32 Å². The Balaban J connectivity index is 1.89. The lowest BCUT2D eigenvalue weighted by atomic mass is 10.2. The molecular formula is C15H9Cl3N2O. The first-order valence-electron chi connectivity index (χ1n) is 6.07. The number of benzene rings is 2. The van der Waals surface area contributed by atoms with Gasteiger partial charge in [0.25, 0.3) is 0 Å². The third-order valence-corrected chi connectivity index (χ3v) is 3.52. The van der Waals surface area contributed by atoms with Crippen LogP contribution < -0.4 is 5.32 Å². The molecule has 0 spiro atoms. The van der Waals surface area contributed by atoms with Gasteiger partial charge in [-0.05, 0) is 41.9 Å². The zero-order valence-electron chi connectivity index (χ0n) is 10.6. The molecule has 0 amide bonds. The molecule has 0 saturated carbocycles. The topological polar surface area (TPSA) is 38.1 Å². The molecule has 0 radical (unpaired) electrons. The lowest BCUT2D eigenvalue weighted by molar-refractivity contribution is 0.580. The molecule has 0 bridgehead atoms. The summed E-state index contributed by atoms with van der Waals surface area (Å²) in [5.41, 5.74) is 2.15. The molecule has 0 aliphatic carbocycles. The number of oxazole rings is 1. The lowest BCUT2D eigenvalue weighted by Gasteiger charge is -2.00. The summed E-state index contributed by atoms with van der Waals surface area (Å²) >= 11 is 17.9. The lowest BCUT2D eigenvalue weighted by Crippen LogP contribution is -1.90. The van der Waals surface area contributed by atoms with Crippen LogP contribution in [0, 0.1) is 0 Å². The van der Waals surface area contributed by atoms with Crippen LogP contribution >= 0.6 is 34.8 Å². The predicted molar refractivity (Wildman–Crippen MR) is 86.7 cm³/mol. The number of halogens is 3. The van der Waals surface area contributed by atoms with Gasteiger partial charge in [-0.3, -0.25) is 0 Å². The third-order valence-electron chi connectivity index (χ3n) is 2.78. The van der Waals surface area contributed by atoms with Crippen molar-refractivity contribution >= 4 is 46.5 Å². The number of aromatic nitrogens is 1. The molecule has 3 rings (SSSR count). The molecule has 1 heterocycles. The van der Waals surface area contributed by atoms with Crippen molar-refractivity contribution in [2.45, 2.75) is 0 Å². The number of nitrogens with zero attached hydrogens (tertiary/aromatic N) is 1. The highest BCUT2D eigenvalue weighted by Crippen LogP contribution is 2.32. The molecule has 0 aliphatic rings. The number of anilines is 2. The fraction of sp³-hybridized carbons (Fsp3) is 0. The van der Waals surface area contributed by atoms with Crippen LogP contribution in [-0.2, 0) is 0 Å². The quantitative estimate of drug-likeness (QED) is 0.631. The van der Waals surface area contributed by atoms with Crippen LogP contribution in [0.2, 0.25) is 15.3 Å². The Labute approximate surface area is 136 Å². The van der Waals surface area contributed by atoms with Crippen molar-refractivity contribution in [3.8, 4) is 11.3 Å². The first-order valence-corrected chi connectivity index (χ1v) is 7.20. The van der Waals surface area contributed by atoms with Crippen molar-refractivity contribution in [1.29, 1.82) is 0 Å². The Hall–Kier alpha value is -1.68. The average molecular weight is 340 g/mol. The van der Waals surface area contributed by atoms with Crippen LogP contribution in [0.5, 0.6) is 0 Å². The first kappa shape index (κ1) is 14.3. The van der Waals surface area contributed by atoms with Crippen LogP contribution in [-0.4, -0.2) is 4.98 Å².